The largest absolute Gasteiger partial charge is 0.494 e. The van der Waals surface area contributed by atoms with Crippen LogP contribution in [0.25, 0.3) is 0 Å². The zero-order valence-corrected chi connectivity index (χ0v) is 16.8. The Kier molecular flexibility index (Phi) is 6.92. The predicted octanol–water partition coefficient (Wildman–Crippen LogP) is 3.96. The minimum Gasteiger partial charge on any atom is -0.494 e. The summed E-state index contributed by atoms with van der Waals surface area (Å²) in [6, 6.07) is 8.55. The van der Waals surface area contributed by atoms with Gasteiger partial charge in [-0.2, -0.15) is 0 Å². The molecule has 0 N–H and O–H groups in total. The molecule has 1 aromatic heterocycles. The SMILES string of the molecule is CCOc1ccc(CCC2CCN(CCn3c(C)csc3=O)CC2)cc1. The Balaban J connectivity index is 1.37. The van der Waals surface area contributed by atoms with Crippen LogP contribution in [0.15, 0.2) is 34.4 Å². The van der Waals surface area contributed by atoms with Gasteiger partial charge in [0.25, 0.3) is 0 Å². The fraction of sp³-hybridized carbons (Fsp3) is 0.571. The minimum absolute atomic E-state index is 0.174. The van der Waals surface area contributed by atoms with E-state index in [1.54, 1.807) is 0 Å². The van der Waals surface area contributed by atoms with E-state index < -0.39 is 0 Å². The van der Waals surface area contributed by atoms with Gasteiger partial charge in [0.05, 0.1) is 6.61 Å². The summed E-state index contributed by atoms with van der Waals surface area (Å²) >= 11 is 1.31. The maximum Gasteiger partial charge on any atom is 0.307 e. The van der Waals surface area contributed by atoms with E-state index in [1.165, 1.54) is 36.2 Å². The third-order valence-electron chi connectivity index (χ3n) is 5.40. The Bertz CT molecular complexity index is 727. The van der Waals surface area contributed by atoms with E-state index in [2.05, 4.69) is 29.2 Å². The number of nitrogens with zero attached hydrogens (tertiary/aromatic N) is 2. The van der Waals surface area contributed by atoms with Crippen LogP contribution < -0.4 is 9.61 Å². The lowest BCUT2D eigenvalue weighted by Gasteiger charge is -2.32. The molecule has 3 rings (SSSR count). The first-order valence-electron chi connectivity index (χ1n) is 9.74. The van der Waals surface area contributed by atoms with E-state index in [9.17, 15) is 4.79 Å². The van der Waals surface area contributed by atoms with E-state index in [-0.39, 0.29) is 4.87 Å². The van der Waals surface area contributed by atoms with E-state index in [4.69, 9.17) is 4.74 Å². The molecule has 0 aliphatic carbocycles. The van der Waals surface area contributed by atoms with Gasteiger partial charge in [0.15, 0.2) is 0 Å². The molecule has 1 aromatic carbocycles. The van der Waals surface area contributed by atoms with Gasteiger partial charge >= 0.3 is 4.87 Å². The zero-order valence-electron chi connectivity index (χ0n) is 15.9. The molecule has 1 fully saturated rings. The fourth-order valence-corrected chi connectivity index (χ4v) is 4.47. The van der Waals surface area contributed by atoms with Crippen molar-refractivity contribution in [3.8, 4) is 5.75 Å². The van der Waals surface area contributed by atoms with E-state index in [1.807, 2.05) is 23.8 Å². The summed E-state index contributed by atoms with van der Waals surface area (Å²) < 4.78 is 7.41. The molecule has 0 amide bonds. The summed E-state index contributed by atoms with van der Waals surface area (Å²) in [5, 5.41) is 1.95. The van der Waals surface area contributed by atoms with Crippen molar-refractivity contribution in [2.75, 3.05) is 26.2 Å². The normalized spacial score (nSPS) is 16.1. The summed E-state index contributed by atoms with van der Waals surface area (Å²) in [6.45, 7) is 8.88. The van der Waals surface area contributed by atoms with Crippen molar-refractivity contribution >= 4 is 11.3 Å². The molecule has 26 heavy (non-hydrogen) atoms. The number of thiazole rings is 1. The van der Waals surface area contributed by atoms with Crippen LogP contribution in [0, 0.1) is 12.8 Å². The topological polar surface area (TPSA) is 34.5 Å². The van der Waals surface area contributed by atoms with Gasteiger partial charge in [-0.25, -0.2) is 0 Å². The lowest BCUT2D eigenvalue weighted by atomic mass is 9.90. The van der Waals surface area contributed by atoms with Crippen LogP contribution in [0.3, 0.4) is 0 Å². The van der Waals surface area contributed by atoms with Gasteiger partial charge < -0.3 is 14.2 Å². The molecular weight excluding hydrogens is 344 g/mol. The summed E-state index contributed by atoms with van der Waals surface area (Å²) in [7, 11) is 0. The highest BCUT2D eigenvalue weighted by Crippen LogP contribution is 2.23. The lowest BCUT2D eigenvalue weighted by Crippen LogP contribution is -2.37. The highest BCUT2D eigenvalue weighted by Gasteiger charge is 2.19. The Morgan fingerprint density at radius 3 is 2.50 bits per heavy atom. The summed E-state index contributed by atoms with van der Waals surface area (Å²) in [5.74, 6) is 1.79. The van der Waals surface area contributed by atoms with Crippen molar-refractivity contribution in [2.24, 2.45) is 5.92 Å². The Labute approximate surface area is 160 Å². The van der Waals surface area contributed by atoms with Gasteiger partial charge in [-0.3, -0.25) is 4.79 Å². The van der Waals surface area contributed by atoms with Crippen LogP contribution in [0.1, 0.15) is 37.4 Å². The van der Waals surface area contributed by atoms with Crippen LogP contribution in [0.5, 0.6) is 5.75 Å². The van der Waals surface area contributed by atoms with Gasteiger partial charge in [-0.05, 0) is 76.2 Å². The van der Waals surface area contributed by atoms with Gasteiger partial charge in [-0.1, -0.05) is 23.5 Å². The fourth-order valence-electron chi connectivity index (χ4n) is 3.70. The average molecular weight is 375 g/mol. The number of hydrogen-bond donors (Lipinski definition) is 0. The van der Waals surface area contributed by atoms with Gasteiger partial charge in [-0.15, -0.1) is 0 Å². The number of benzene rings is 1. The zero-order chi connectivity index (χ0) is 18.4. The van der Waals surface area contributed by atoms with E-state index >= 15 is 0 Å². The number of rotatable bonds is 8. The maximum atomic E-state index is 11.8. The number of piperidine rings is 1. The second kappa shape index (κ2) is 9.38. The van der Waals surface area contributed by atoms with Crippen molar-refractivity contribution in [3.05, 3.63) is 50.6 Å². The maximum absolute atomic E-state index is 11.8. The molecule has 0 saturated carbocycles. The molecule has 4 nitrogen and oxygen atoms in total. The lowest BCUT2D eigenvalue weighted by molar-refractivity contribution is 0.173. The molecule has 0 atom stereocenters. The molecule has 1 aliphatic heterocycles. The highest BCUT2D eigenvalue weighted by molar-refractivity contribution is 7.07. The third-order valence-corrected chi connectivity index (χ3v) is 6.28. The summed E-state index contributed by atoms with van der Waals surface area (Å²) in [4.78, 5) is 14.5. The predicted molar refractivity (Wildman–Crippen MR) is 108 cm³/mol. The Morgan fingerprint density at radius 1 is 1.15 bits per heavy atom. The van der Waals surface area contributed by atoms with Crippen molar-refractivity contribution in [1.29, 1.82) is 0 Å². The molecule has 2 aromatic rings. The number of aromatic nitrogens is 1. The Hall–Kier alpha value is -1.59. The number of ether oxygens (including phenoxy) is 1. The van der Waals surface area contributed by atoms with Crippen LogP contribution >= 0.6 is 11.3 Å². The van der Waals surface area contributed by atoms with Crippen molar-refractivity contribution in [1.82, 2.24) is 9.47 Å². The van der Waals surface area contributed by atoms with Gasteiger partial charge in [0, 0.05) is 24.2 Å². The molecule has 5 heteroatoms. The number of aryl methyl sites for hydroxylation is 2. The standard InChI is InChI=1S/C21H30N2O2S/c1-3-25-20-8-6-18(7-9-20)4-5-19-10-12-22(13-11-19)14-15-23-17(2)16-26-21(23)24/h6-9,16,19H,3-5,10-15H2,1-2H3. The van der Waals surface area contributed by atoms with Gasteiger partial charge in [0.1, 0.15) is 5.75 Å². The summed E-state index contributed by atoms with van der Waals surface area (Å²) in [6.07, 6.45) is 4.97. The second-order valence-electron chi connectivity index (χ2n) is 7.20. The Morgan fingerprint density at radius 2 is 1.88 bits per heavy atom. The summed E-state index contributed by atoms with van der Waals surface area (Å²) in [5.41, 5.74) is 2.49. The van der Waals surface area contributed by atoms with E-state index in [0.29, 0.717) is 0 Å². The van der Waals surface area contributed by atoms with Crippen LogP contribution in [0.4, 0.5) is 0 Å². The monoisotopic (exact) mass is 374 g/mol. The molecule has 0 radical (unpaired) electrons. The molecule has 2 heterocycles. The molecule has 0 bridgehead atoms. The van der Waals surface area contributed by atoms with Crippen molar-refractivity contribution in [3.63, 3.8) is 0 Å². The first-order chi connectivity index (χ1) is 12.7. The third kappa shape index (κ3) is 5.21. The number of likely N-dealkylation sites (tertiary alicyclic amines) is 1. The molecule has 142 valence electrons. The molecule has 0 spiro atoms. The van der Waals surface area contributed by atoms with Crippen molar-refractivity contribution < 1.29 is 4.74 Å². The van der Waals surface area contributed by atoms with Crippen molar-refractivity contribution in [2.45, 2.75) is 46.1 Å². The van der Waals surface area contributed by atoms with Crippen LogP contribution in [-0.2, 0) is 13.0 Å². The molecule has 0 unspecified atom stereocenters. The van der Waals surface area contributed by atoms with Gasteiger partial charge in [0.2, 0.25) is 0 Å². The minimum atomic E-state index is 0.174. The first-order valence-corrected chi connectivity index (χ1v) is 10.6. The quantitative estimate of drug-likeness (QED) is 0.701. The smallest absolute Gasteiger partial charge is 0.307 e. The molecular formula is C21H30N2O2S. The van der Waals surface area contributed by atoms with Crippen LogP contribution in [0.2, 0.25) is 0 Å². The second-order valence-corrected chi connectivity index (χ2v) is 8.02. The number of hydrogen-bond acceptors (Lipinski definition) is 4. The van der Waals surface area contributed by atoms with E-state index in [0.717, 1.165) is 56.6 Å². The highest BCUT2D eigenvalue weighted by atomic mass is 32.1. The molecule has 1 aliphatic rings. The van der Waals surface area contributed by atoms with Crippen LogP contribution in [-0.4, -0.2) is 35.7 Å². The average Bonchev–Trinajstić information content (AvgIpc) is 2.98. The first kappa shape index (κ1) is 19.2. The molecule has 1 saturated heterocycles.